The minimum Gasteiger partial charge on any atom is -0.465 e. The van der Waals surface area contributed by atoms with Crippen LogP contribution in [-0.2, 0) is 0 Å². The second-order valence-electron chi connectivity index (χ2n) is 3.97. The lowest BCUT2D eigenvalue weighted by atomic mass is 10.2. The number of carboxylic acid groups (broad SMARTS) is 1. The smallest absolute Gasteiger partial charge is 0.407 e. The summed E-state index contributed by atoms with van der Waals surface area (Å²) < 4.78 is 12.7. The second kappa shape index (κ2) is 4.52. The highest BCUT2D eigenvalue weighted by Crippen LogP contribution is 2.14. The topological polar surface area (TPSA) is 69.6 Å². The minimum atomic E-state index is -0.919. The SMILES string of the molecule is C[C@H]1CN(c2ncc(F)cn2)CCN1C(=O)O. The van der Waals surface area contributed by atoms with Crippen molar-refractivity contribution in [2.45, 2.75) is 13.0 Å². The maximum atomic E-state index is 12.7. The van der Waals surface area contributed by atoms with Gasteiger partial charge >= 0.3 is 6.09 Å². The number of piperazine rings is 1. The van der Waals surface area contributed by atoms with Gasteiger partial charge in [0.25, 0.3) is 0 Å². The number of halogens is 1. The van der Waals surface area contributed by atoms with Gasteiger partial charge in [-0.15, -0.1) is 0 Å². The number of nitrogens with zero attached hydrogens (tertiary/aromatic N) is 4. The van der Waals surface area contributed by atoms with E-state index in [0.29, 0.717) is 25.6 Å². The molecular formula is C10H13FN4O2. The molecule has 0 aromatic carbocycles. The Balaban J connectivity index is 2.06. The molecule has 6 nitrogen and oxygen atoms in total. The first-order valence-electron chi connectivity index (χ1n) is 5.30. The molecule has 17 heavy (non-hydrogen) atoms. The van der Waals surface area contributed by atoms with Gasteiger partial charge in [0, 0.05) is 25.7 Å². The number of carbonyl (C=O) groups is 1. The number of hydrogen-bond donors (Lipinski definition) is 1. The minimum absolute atomic E-state index is 0.130. The number of aromatic nitrogens is 2. The van der Waals surface area contributed by atoms with Crippen molar-refractivity contribution in [2.75, 3.05) is 24.5 Å². The highest BCUT2D eigenvalue weighted by atomic mass is 19.1. The van der Waals surface area contributed by atoms with Gasteiger partial charge in [0.2, 0.25) is 5.95 Å². The van der Waals surface area contributed by atoms with Gasteiger partial charge in [-0.05, 0) is 6.92 Å². The standard InChI is InChI=1S/C10H13FN4O2/c1-7-6-14(2-3-15(7)10(16)17)9-12-4-8(11)5-13-9/h4-5,7H,2-3,6H2,1H3,(H,16,17)/t7-/m0/s1. The highest BCUT2D eigenvalue weighted by Gasteiger charge is 2.28. The zero-order valence-corrected chi connectivity index (χ0v) is 9.38. The fraction of sp³-hybridized carbons (Fsp3) is 0.500. The maximum Gasteiger partial charge on any atom is 0.407 e. The lowest BCUT2D eigenvalue weighted by Crippen LogP contribution is -2.54. The first-order chi connectivity index (χ1) is 8.08. The molecule has 1 atom stereocenters. The van der Waals surface area contributed by atoms with Gasteiger partial charge in [-0.2, -0.15) is 0 Å². The summed E-state index contributed by atoms with van der Waals surface area (Å²) in [4.78, 5) is 21.9. The van der Waals surface area contributed by atoms with E-state index < -0.39 is 11.9 Å². The second-order valence-corrected chi connectivity index (χ2v) is 3.97. The lowest BCUT2D eigenvalue weighted by Gasteiger charge is -2.38. The van der Waals surface area contributed by atoms with Crippen molar-refractivity contribution in [1.29, 1.82) is 0 Å². The van der Waals surface area contributed by atoms with Crippen molar-refractivity contribution in [3.63, 3.8) is 0 Å². The molecular weight excluding hydrogens is 227 g/mol. The molecule has 1 fully saturated rings. The number of rotatable bonds is 1. The molecule has 0 spiro atoms. The number of anilines is 1. The summed E-state index contributed by atoms with van der Waals surface area (Å²) in [5.74, 6) is -0.0470. The van der Waals surface area contributed by atoms with E-state index in [4.69, 9.17) is 5.11 Å². The Morgan fingerprint density at radius 2 is 2.12 bits per heavy atom. The predicted octanol–water partition coefficient (Wildman–Crippen LogP) is 0.804. The molecule has 1 aromatic heterocycles. The highest BCUT2D eigenvalue weighted by molar-refractivity contribution is 5.66. The Bertz CT molecular complexity index is 411. The predicted molar refractivity (Wildman–Crippen MR) is 58.4 cm³/mol. The summed E-state index contributed by atoms with van der Waals surface area (Å²) in [6, 6.07) is -0.130. The zero-order chi connectivity index (χ0) is 12.4. The van der Waals surface area contributed by atoms with Crippen molar-refractivity contribution in [3.8, 4) is 0 Å². The fourth-order valence-corrected chi connectivity index (χ4v) is 1.89. The van der Waals surface area contributed by atoms with Gasteiger partial charge in [-0.3, -0.25) is 0 Å². The quantitative estimate of drug-likeness (QED) is 0.786. The molecule has 2 rings (SSSR count). The Kier molecular flexibility index (Phi) is 3.08. The van der Waals surface area contributed by atoms with E-state index in [-0.39, 0.29) is 6.04 Å². The fourth-order valence-electron chi connectivity index (χ4n) is 1.89. The molecule has 0 bridgehead atoms. The number of hydrogen-bond acceptors (Lipinski definition) is 4. The average molecular weight is 240 g/mol. The van der Waals surface area contributed by atoms with Crippen LogP contribution in [0.3, 0.4) is 0 Å². The van der Waals surface area contributed by atoms with Crippen LogP contribution in [0.5, 0.6) is 0 Å². The van der Waals surface area contributed by atoms with Crippen molar-refractivity contribution in [3.05, 3.63) is 18.2 Å². The largest absolute Gasteiger partial charge is 0.465 e. The van der Waals surface area contributed by atoms with Crippen LogP contribution in [0.2, 0.25) is 0 Å². The molecule has 7 heteroatoms. The summed E-state index contributed by atoms with van der Waals surface area (Å²) in [6.45, 7) is 3.25. The number of amides is 1. The normalized spacial score (nSPS) is 20.5. The van der Waals surface area contributed by atoms with Gasteiger partial charge in [0.15, 0.2) is 5.82 Å². The van der Waals surface area contributed by atoms with Crippen molar-refractivity contribution >= 4 is 12.0 Å². The Morgan fingerprint density at radius 1 is 1.47 bits per heavy atom. The van der Waals surface area contributed by atoms with Crippen LogP contribution in [-0.4, -0.2) is 51.7 Å². The van der Waals surface area contributed by atoms with E-state index in [1.54, 1.807) is 0 Å². The van der Waals surface area contributed by atoms with Crippen LogP contribution in [0, 0.1) is 5.82 Å². The van der Waals surface area contributed by atoms with Crippen molar-refractivity contribution < 1.29 is 14.3 Å². The summed E-state index contributed by atoms with van der Waals surface area (Å²) in [7, 11) is 0. The van der Waals surface area contributed by atoms with E-state index >= 15 is 0 Å². The third-order valence-corrected chi connectivity index (χ3v) is 2.76. The molecule has 1 aliphatic heterocycles. The molecule has 92 valence electrons. The molecule has 0 radical (unpaired) electrons. The summed E-state index contributed by atoms with van der Waals surface area (Å²) in [5, 5.41) is 8.93. The van der Waals surface area contributed by atoms with Crippen LogP contribution < -0.4 is 4.90 Å². The third kappa shape index (κ3) is 2.43. The average Bonchev–Trinajstić information content (AvgIpc) is 2.29. The van der Waals surface area contributed by atoms with Gasteiger partial charge in [0.1, 0.15) is 0 Å². The lowest BCUT2D eigenvalue weighted by molar-refractivity contribution is 0.122. The monoisotopic (exact) mass is 240 g/mol. The van der Waals surface area contributed by atoms with Crippen LogP contribution >= 0.6 is 0 Å². The van der Waals surface area contributed by atoms with Gasteiger partial charge in [-0.1, -0.05) is 0 Å². The van der Waals surface area contributed by atoms with Crippen LogP contribution in [0.15, 0.2) is 12.4 Å². The molecule has 0 aliphatic carbocycles. The maximum absolute atomic E-state index is 12.7. The van der Waals surface area contributed by atoms with E-state index in [0.717, 1.165) is 12.4 Å². The summed E-state index contributed by atoms with van der Waals surface area (Å²) in [5.41, 5.74) is 0. The molecule has 1 N–H and O–H groups in total. The van der Waals surface area contributed by atoms with Crippen LogP contribution in [0.1, 0.15) is 6.92 Å². The van der Waals surface area contributed by atoms with E-state index in [1.807, 2.05) is 11.8 Å². The van der Waals surface area contributed by atoms with Crippen molar-refractivity contribution in [2.24, 2.45) is 0 Å². The van der Waals surface area contributed by atoms with E-state index in [9.17, 15) is 9.18 Å². The first-order valence-corrected chi connectivity index (χ1v) is 5.30. The Labute approximate surface area is 97.7 Å². The van der Waals surface area contributed by atoms with Gasteiger partial charge in [-0.25, -0.2) is 19.2 Å². The van der Waals surface area contributed by atoms with Crippen molar-refractivity contribution in [1.82, 2.24) is 14.9 Å². The van der Waals surface area contributed by atoms with E-state index in [1.165, 1.54) is 4.90 Å². The molecule has 2 heterocycles. The Morgan fingerprint density at radius 3 is 2.65 bits per heavy atom. The van der Waals surface area contributed by atoms with Crippen LogP contribution in [0.25, 0.3) is 0 Å². The summed E-state index contributed by atoms with van der Waals surface area (Å²) >= 11 is 0. The molecule has 0 saturated carbocycles. The van der Waals surface area contributed by atoms with Crippen LogP contribution in [0.4, 0.5) is 15.1 Å². The van der Waals surface area contributed by atoms with E-state index in [2.05, 4.69) is 9.97 Å². The zero-order valence-electron chi connectivity index (χ0n) is 9.38. The molecule has 1 aromatic rings. The molecule has 1 amide bonds. The first kappa shape index (κ1) is 11.6. The van der Waals surface area contributed by atoms with Gasteiger partial charge in [0.05, 0.1) is 12.4 Å². The molecule has 0 unspecified atom stereocenters. The molecule has 1 aliphatic rings. The Hall–Kier alpha value is -1.92. The van der Waals surface area contributed by atoms with Gasteiger partial charge < -0.3 is 14.9 Å². The molecule has 1 saturated heterocycles. The third-order valence-electron chi connectivity index (χ3n) is 2.76. The summed E-state index contributed by atoms with van der Waals surface area (Å²) in [6.07, 6.45) is 1.30.